The Bertz CT molecular complexity index is 469. The first kappa shape index (κ1) is 16.1. The molecule has 20 heavy (non-hydrogen) atoms. The number of nitrogens with zero attached hydrogens (tertiary/aromatic N) is 1. The molecule has 0 aliphatic carbocycles. The predicted molar refractivity (Wildman–Crippen MR) is 76.6 cm³/mol. The lowest BCUT2D eigenvalue weighted by molar-refractivity contribution is -0.384. The molecule has 0 amide bonds. The fraction of sp³-hybridized carbons (Fsp3) is 0.533. The van der Waals surface area contributed by atoms with Gasteiger partial charge in [0.2, 0.25) is 0 Å². The second-order valence-electron chi connectivity index (χ2n) is 4.96. The Kier molecular flexibility index (Phi) is 5.67. The van der Waals surface area contributed by atoms with E-state index in [0.29, 0.717) is 13.0 Å². The van der Waals surface area contributed by atoms with Crippen molar-refractivity contribution in [3.05, 3.63) is 39.9 Å². The number of unbranched alkanes of at least 4 members (excludes halogenated alkanes) is 1. The lowest BCUT2D eigenvalue weighted by Gasteiger charge is -2.27. The van der Waals surface area contributed by atoms with Crippen LogP contribution in [0.4, 0.5) is 5.69 Å². The average Bonchev–Trinajstić information content (AvgIpc) is 2.45. The number of ether oxygens (including phenoxy) is 1. The Hall–Kier alpha value is -1.91. The van der Waals surface area contributed by atoms with E-state index in [0.717, 1.165) is 18.4 Å². The van der Waals surface area contributed by atoms with Gasteiger partial charge >= 0.3 is 5.97 Å². The fourth-order valence-electron chi connectivity index (χ4n) is 2.14. The molecule has 1 rings (SSSR count). The van der Waals surface area contributed by atoms with Crippen LogP contribution >= 0.6 is 0 Å². The largest absolute Gasteiger partial charge is 0.465 e. The van der Waals surface area contributed by atoms with Crippen molar-refractivity contribution in [2.24, 2.45) is 0 Å². The number of esters is 1. The number of hydrogen-bond acceptors (Lipinski definition) is 4. The van der Waals surface area contributed by atoms with E-state index in [1.165, 1.54) is 12.1 Å². The van der Waals surface area contributed by atoms with E-state index < -0.39 is 10.3 Å². The number of rotatable bonds is 7. The molecule has 110 valence electrons. The first-order valence-electron chi connectivity index (χ1n) is 6.87. The molecule has 0 radical (unpaired) electrons. The van der Waals surface area contributed by atoms with Crippen LogP contribution in [0.25, 0.3) is 0 Å². The first-order valence-corrected chi connectivity index (χ1v) is 6.87. The Balaban J connectivity index is 3.09. The van der Waals surface area contributed by atoms with Gasteiger partial charge in [0, 0.05) is 12.1 Å². The molecule has 0 bridgehead atoms. The van der Waals surface area contributed by atoms with Gasteiger partial charge in [-0.15, -0.1) is 0 Å². The van der Waals surface area contributed by atoms with Crippen LogP contribution in [0, 0.1) is 10.1 Å². The highest BCUT2D eigenvalue weighted by molar-refractivity contribution is 5.82. The lowest BCUT2D eigenvalue weighted by Crippen LogP contribution is -2.34. The van der Waals surface area contributed by atoms with Gasteiger partial charge in [-0.2, -0.15) is 0 Å². The molecule has 0 spiro atoms. The molecule has 0 saturated carbocycles. The molecule has 5 heteroatoms. The molecule has 0 aromatic heterocycles. The summed E-state index contributed by atoms with van der Waals surface area (Å²) in [4.78, 5) is 22.5. The summed E-state index contributed by atoms with van der Waals surface area (Å²) < 4.78 is 5.16. The van der Waals surface area contributed by atoms with E-state index in [1.54, 1.807) is 19.1 Å². The summed E-state index contributed by atoms with van der Waals surface area (Å²) in [6.07, 6.45) is 2.54. The van der Waals surface area contributed by atoms with Gasteiger partial charge in [-0.3, -0.25) is 14.9 Å². The van der Waals surface area contributed by atoms with Gasteiger partial charge in [0.15, 0.2) is 0 Å². The van der Waals surface area contributed by atoms with Gasteiger partial charge in [-0.1, -0.05) is 31.9 Å². The van der Waals surface area contributed by atoms with Crippen molar-refractivity contribution in [2.75, 3.05) is 6.61 Å². The molecular formula is C15H21NO4. The van der Waals surface area contributed by atoms with Gasteiger partial charge in [0.1, 0.15) is 0 Å². The van der Waals surface area contributed by atoms with E-state index in [2.05, 4.69) is 6.92 Å². The highest BCUT2D eigenvalue weighted by atomic mass is 16.6. The second kappa shape index (κ2) is 7.03. The number of benzene rings is 1. The van der Waals surface area contributed by atoms with E-state index in [9.17, 15) is 14.9 Å². The number of non-ortho nitro benzene ring substituents is 1. The van der Waals surface area contributed by atoms with E-state index in [1.807, 2.05) is 6.92 Å². The average molecular weight is 279 g/mol. The SMILES string of the molecule is CCCCC(C)(C(=O)OCC)c1ccc([N+](=O)[O-])cc1. The van der Waals surface area contributed by atoms with Gasteiger partial charge in [-0.05, 0) is 25.8 Å². The van der Waals surface area contributed by atoms with Crippen LogP contribution in [0.2, 0.25) is 0 Å². The van der Waals surface area contributed by atoms with E-state index in [-0.39, 0.29) is 11.7 Å². The molecule has 1 aromatic carbocycles. The van der Waals surface area contributed by atoms with Crippen molar-refractivity contribution in [3.63, 3.8) is 0 Å². The monoisotopic (exact) mass is 279 g/mol. The van der Waals surface area contributed by atoms with Crippen LogP contribution in [0.1, 0.15) is 45.6 Å². The van der Waals surface area contributed by atoms with Crippen LogP contribution < -0.4 is 0 Å². The molecule has 5 nitrogen and oxygen atoms in total. The third-order valence-electron chi connectivity index (χ3n) is 3.47. The quantitative estimate of drug-likeness (QED) is 0.434. The van der Waals surface area contributed by atoms with E-state index >= 15 is 0 Å². The fourth-order valence-corrected chi connectivity index (χ4v) is 2.14. The molecule has 0 N–H and O–H groups in total. The maximum atomic E-state index is 12.2. The van der Waals surface area contributed by atoms with Gasteiger partial charge in [-0.25, -0.2) is 0 Å². The zero-order valence-corrected chi connectivity index (χ0v) is 12.2. The van der Waals surface area contributed by atoms with Crippen molar-refractivity contribution in [1.82, 2.24) is 0 Å². The van der Waals surface area contributed by atoms with Gasteiger partial charge in [0.05, 0.1) is 16.9 Å². The van der Waals surface area contributed by atoms with Crippen molar-refractivity contribution in [3.8, 4) is 0 Å². The number of carbonyl (C=O) groups is 1. The van der Waals surface area contributed by atoms with Crippen LogP contribution in [0.15, 0.2) is 24.3 Å². The Morgan fingerprint density at radius 2 is 1.90 bits per heavy atom. The third kappa shape index (κ3) is 3.56. The minimum Gasteiger partial charge on any atom is -0.465 e. The van der Waals surface area contributed by atoms with Crippen molar-refractivity contribution < 1.29 is 14.5 Å². The normalized spacial score (nSPS) is 13.6. The Morgan fingerprint density at radius 3 is 2.35 bits per heavy atom. The summed E-state index contributed by atoms with van der Waals surface area (Å²) in [5.41, 5.74) is 0.0340. The molecule has 0 aliphatic heterocycles. The molecule has 0 aliphatic rings. The van der Waals surface area contributed by atoms with Gasteiger partial charge in [0.25, 0.3) is 5.69 Å². The Morgan fingerprint density at radius 1 is 1.30 bits per heavy atom. The molecule has 1 unspecified atom stereocenters. The van der Waals surface area contributed by atoms with Crippen LogP contribution in [0.5, 0.6) is 0 Å². The Labute approximate surface area is 119 Å². The van der Waals surface area contributed by atoms with Crippen molar-refractivity contribution in [2.45, 2.75) is 45.4 Å². The summed E-state index contributed by atoms with van der Waals surface area (Å²) in [6, 6.07) is 6.15. The minimum atomic E-state index is -0.749. The second-order valence-corrected chi connectivity index (χ2v) is 4.96. The molecular weight excluding hydrogens is 258 g/mol. The summed E-state index contributed by atoms with van der Waals surface area (Å²) in [5.74, 6) is -0.276. The zero-order valence-electron chi connectivity index (χ0n) is 12.2. The minimum absolute atomic E-state index is 0.0236. The highest BCUT2D eigenvalue weighted by Crippen LogP contribution is 2.32. The van der Waals surface area contributed by atoms with Crippen LogP contribution in [0.3, 0.4) is 0 Å². The topological polar surface area (TPSA) is 69.4 Å². The summed E-state index contributed by atoms with van der Waals surface area (Å²) >= 11 is 0. The van der Waals surface area contributed by atoms with Crippen molar-refractivity contribution in [1.29, 1.82) is 0 Å². The van der Waals surface area contributed by atoms with Crippen molar-refractivity contribution >= 4 is 11.7 Å². The van der Waals surface area contributed by atoms with Crippen LogP contribution in [-0.2, 0) is 14.9 Å². The summed E-state index contributed by atoms with van der Waals surface area (Å²) in [5, 5.41) is 10.7. The number of nitro groups is 1. The standard InChI is InChI=1S/C15H21NO4/c1-4-6-11-15(3,14(17)20-5-2)12-7-9-13(10-8-12)16(18)19/h7-10H,4-6,11H2,1-3H3. The summed E-state index contributed by atoms with van der Waals surface area (Å²) in [6.45, 7) is 5.99. The molecule has 1 aromatic rings. The molecule has 0 heterocycles. The molecule has 0 fully saturated rings. The highest BCUT2D eigenvalue weighted by Gasteiger charge is 2.36. The lowest BCUT2D eigenvalue weighted by atomic mass is 9.78. The number of nitro benzene ring substituents is 1. The summed E-state index contributed by atoms with van der Waals surface area (Å²) in [7, 11) is 0. The maximum Gasteiger partial charge on any atom is 0.316 e. The first-order chi connectivity index (χ1) is 9.45. The van der Waals surface area contributed by atoms with Gasteiger partial charge < -0.3 is 4.74 Å². The maximum absolute atomic E-state index is 12.2. The predicted octanol–water partition coefficient (Wildman–Crippen LogP) is 3.61. The molecule has 0 saturated heterocycles. The van der Waals surface area contributed by atoms with Crippen LogP contribution in [-0.4, -0.2) is 17.5 Å². The molecule has 1 atom stereocenters. The smallest absolute Gasteiger partial charge is 0.316 e. The van der Waals surface area contributed by atoms with E-state index in [4.69, 9.17) is 4.74 Å². The number of carbonyl (C=O) groups excluding carboxylic acids is 1. The third-order valence-corrected chi connectivity index (χ3v) is 3.47. The number of hydrogen-bond donors (Lipinski definition) is 0. The zero-order chi connectivity index (χ0) is 15.2.